The van der Waals surface area contributed by atoms with Gasteiger partial charge in [-0.2, -0.15) is 4.72 Å². The van der Waals surface area contributed by atoms with E-state index in [0.29, 0.717) is 24.0 Å². The number of Topliss-reactive ketones (excluding diaryl/α,β-unsaturated/α-hetero) is 1. The number of fused-ring (bicyclic) bond motifs is 2. The molecule has 0 aliphatic heterocycles. The summed E-state index contributed by atoms with van der Waals surface area (Å²) in [6.45, 7) is 8.25. The van der Waals surface area contributed by atoms with Crippen LogP contribution in [0.25, 0.3) is 0 Å². The van der Waals surface area contributed by atoms with Crippen LogP contribution >= 0.6 is 0 Å². The van der Waals surface area contributed by atoms with Crippen molar-refractivity contribution in [3.05, 3.63) is 28.8 Å². The summed E-state index contributed by atoms with van der Waals surface area (Å²) in [7, 11) is -8.29. The Morgan fingerprint density at radius 1 is 1.15 bits per heavy atom. The van der Waals surface area contributed by atoms with E-state index in [4.69, 9.17) is 5.21 Å². The number of benzene rings is 1. The molecule has 2 bridgehead atoms. The highest BCUT2D eigenvalue weighted by Crippen LogP contribution is 2.64. The van der Waals surface area contributed by atoms with Gasteiger partial charge in [0.25, 0.3) is 5.91 Å². The van der Waals surface area contributed by atoms with E-state index in [-0.39, 0.29) is 16.6 Å². The number of nitrogens with one attached hydrogen (secondary N) is 3. The van der Waals surface area contributed by atoms with Crippen LogP contribution in [0.1, 0.15) is 49.8 Å². The van der Waals surface area contributed by atoms with Crippen LogP contribution in [0.3, 0.4) is 0 Å². The van der Waals surface area contributed by atoms with Gasteiger partial charge in [-0.05, 0) is 56.1 Å². The maximum absolute atomic E-state index is 13.1. The smallest absolute Gasteiger partial charge is 0.262 e. The number of hydrogen-bond acceptors (Lipinski definition) is 7. The van der Waals surface area contributed by atoms with E-state index in [1.165, 1.54) is 5.48 Å². The Morgan fingerprint density at radius 3 is 2.21 bits per heavy atom. The van der Waals surface area contributed by atoms with Crippen LogP contribution < -0.4 is 14.9 Å². The van der Waals surface area contributed by atoms with Crippen LogP contribution in [-0.2, 0) is 29.6 Å². The lowest BCUT2D eigenvalue weighted by molar-refractivity contribution is -0.130. The maximum atomic E-state index is 13.1. The number of carbonyl (C=O) groups is 2. The van der Waals surface area contributed by atoms with Gasteiger partial charge in [-0.1, -0.05) is 31.5 Å². The summed E-state index contributed by atoms with van der Waals surface area (Å²) >= 11 is 0. The number of amides is 1. The van der Waals surface area contributed by atoms with Crippen LogP contribution in [0.5, 0.6) is 0 Å². The van der Waals surface area contributed by atoms with Crippen LogP contribution in [0.2, 0.25) is 0 Å². The molecular formula is C22H33N3O7S2. The fourth-order valence-corrected chi connectivity index (χ4v) is 9.29. The van der Waals surface area contributed by atoms with Gasteiger partial charge in [0, 0.05) is 18.4 Å². The molecule has 0 saturated heterocycles. The van der Waals surface area contributed by atoms with Gasteiger partial charge in [0.2, 0.25) is 20.0 Å². The molecule has 2 saturated carbocycles. The molecule has 1 aromatic carbocycles. The largest absolute Gasteiger partial charge is 0.299 e. The zero-order valence-electron chi connectivity index (χ0n) is 20.1. The Hall–Kier alpha value is -1.86. The molecule has 2 fully saturated rings. The molecule has 0 heterocycles. The SMILES string of the molecule is Cc1cc(C)c(S(=O)(=O)NC(CNS(=O)(=O)CC23CCC(CC2=O)C3(C)C)C(=O)NO)c(C)c1. The molecule has 1 amide bonds. The third kappa shape index (κ3) is 4.66. The summed E-state index contributed by atoms with van der Waals surface area (Å²) in [5.74, 6) is -1.49. The highest BCUT2D eigenvalue weighted by atomic mass is 32.2. The molecule has 1 aromatic rings. The number of hydrogen-bond donors (Lipinski definition) is 4. The maximum Gasteiger partial charge on any atom is 0.262 e. The van der Waals surface area contributed by atoms with E-state index in [2.05, 4.69) is 9.44 Å². The number of rotatable bonds is 9. The Labute approximate surface area is 201 Å². The normalized spacial score (nSPS) is 24.9. The van der Waals surface area contributed by atoms with Gasteiger partial charge in [-0.25, -0.2) is 27.0 Å². The van der Waals surface area contributed by atoms with Gasteiger partial charge in [0.05, 0.1) is 10.6 Å². The number of carbonyl (C=O) groups excluding carboxylic acids is 2. The van der Waals surface area contributed by atoms with Crippen molar-refractivity contribution in [1.29, 1.82) is 0 Å². The summed E-state index contributed by atoms with van der Waals surface area (Å²) in [4.78, 5) is 24.9. The highest BCUT2D eigenvalue weighted by molar-refractivity contribution is 7.90. The average Bonchev–Trinajstić information content (AvgIpc) is 3.03. The first-order valence-corrected chi connectivity index (χ1v) is 14.2. The summed E-state index contributed by atoms with van der Waals surface area (Å²) in [6, 6.07) is 1.74. The molecule has 2 aliphatic rings. The Bertz CT molecular complexity index is 1200. The zero-order chi connectivity index (χ0) is 25.7. The average molecular weight is 516 g/mol. The third-order valence-electron chi connectivity index (χ3n) is 7.68. The van der Waals surface area contributed by atoms with E-state index in [9.17, 15) is 26.4 Å². The molecule has 0 aromatic heterocycles. The number of hydroxylamine groups is 1. The van der Waals surface area contributed by atoms with E-state index < -0.39 is 55.1 Å². The monoisotopic (exact) mass is 515 g/mol. The first-order valence-electron chi connectivity index (χ1n) is 11.1. The van der Waals surface area contributed by atoms with Crippen molar-refractivity contribution in [3.8, 4) is 0 Å². The molecule has 12 heteroatoms. The second kappa shape index (κ2) is 8.98. The van der Waals surface area contributed by atoms with Crippen molar-refractivity contribution in [2.75, 3.05) is 12.3 Å². The fraction of sp³-hybridized carbons (Fsp3) is 0.636. The third-order valence-corrected chi connectivity index (χ3v) is 10.9. The van der Waals surface area contributed by atoms with Crippen LogP contribution in [0, 0.1) is 37.5 Å². The van der Waals surface area contributed by atoms with E-state index in [0.717, 1.165) is 12.0 Å². The lowest BCUT2D eigenvalue weighted by atomic mass is 9.70. The molecule has 3 atom stereocenters. The second-order valence-corrected chi connectivity index (χ2v) is 13.6. The van der Waals surface area contributed by atoms with E-state index >= 15 is 0 Å². The first kappa shape index (κ1) is 26.7. The predicted molar refractivity (Wildman–Crippen MR) is 125 cm³/mol. The van der Waals surface area contributed by atoms with Gasteiger partial charge < -0.3 is 0 Å². The molecule has 4 N–H and O–H groups in total. The summed E-state index contributed by atoms with van der Waals surface area (Å²) in [5, 5.41) is 9.11. The van der Waals surface area contributed by atoms with Gasteiger partial charge in [0.1, 0.15) is 11.8 Å². The van der Waals surface area contributed by atoms with Crippen molar-refractivity contribution in [2.45, 2.75) is 64.8 Å². The number of aryl methyl sites for hydroxylation is 3. The van der Waals surface area contributed by atoms with Crippen molar-refractivity contribution in [1.82, 2.24) is 14.9 Å². The minimum atomic E-state index is -4.23. The van der Waals surface area contributed by atoms with Crippen molar-refractivity contribution in [3.63, 3.8) is 0 Å². The van der Waals surface area contributed by atoms with Crippen molar-refractivity contribution < 1.29 is 31.6 Å². The Morgan fingerprint density at radius 2 is 1.74 bits per heavy atom. The Balaban J connectivity index is 1.80. The second-order valence-electron chi connectivity index (χ2n) is 10.2. The van der Waals surface area contributed by atoms with Gasteiger partial charge in [0.15, 0.2) is 0 Å². The molecule has 0 spiro atoms. The first-order chi connectivity index (χ1) is 15.6. The molecule has 3 rings (SSSR count). The predicted octanol–water partition coefficient (Wildman–Crippen LogP) is 1.08. The molecule has 2 aliphatic carbocycles. The Kier molecular flexibility index (Phi) is 7.06. The minimum absolute atomic E-state index is 0.0223. The minimum Gasteiger partial charge on any atom is -0.299 e. The van der Waals surface area contributed by atoms with Gasteiger partial charge in [-0.15, -0.1) is 0 Å². The topological polar surface area (TPSA) is 159 Å². The van der Waals surface area contributed by atoms with Crippen LogP contribution in [0.4, 0.5) is 0 Å². The number of sulfonamides is 2. The molecule has 10 nitrogen and oxygen atoms in total. The summed E-state index contributed by atoms with van der Waals surface area (Å²) in [6.07, 6.45) is 1.61. The van der Waals surface area contributed by atoms with E-state index in [1.54, 1.807) is 26.0 Å². The fourth-order valence-electron chi connectivity index (χ4n) is 5.80. The number of ketones is 1. The summed E-state index contributed by atoms with van der Waals surface area (Å²) < 4.78 is 56.5. The van der Waals surface area contributed by atoms with Gasteiger partial charge in [-0.3, -0.25) is 14.8 Å². The molecule has 3 unspecified atom stereocenters. The molecule has 34 heavy (non-hydrogen) atoms. The molecular weight excluding hydrogens is 482 g/mol. The zero-order valence-corrected chi connectivity index (χ0v) is 21.7. The van der Waals surface area contributed by atoms with Gasteiger partial charge >= 0.3 is 0 Å². The quantitative estimate of drug-likeness (QED) is 0.283. The van der Waals surface area contributed by atoms with Crippen LogP contribution in [-0.4, -0.2) is 52.1 Å². The standard InChI is InChI=1S/C22H33N3O7S2/c1-13-8-14(2)19(15(3)9-13)34(31,32)25-17(20(27)24-28)11-23-33(29,30)12-22-7-6-16(10-18(22)26)21(22,4)5/h8-9,16-17,23,25,28H,6-7,10-12H2,1-5H3,(H,24,27). The molecule has 0 radical (unpaired) electrons. The lowest BCUT2D eigenvalue weighted by Crippen LogP contribution is -2.53. The highest BCUT2D eigenvalue weighted by Gasteiger charge is 2.65. The van der Waals surface area contributed by atoms with Crippen molar-refractivity contribution >= 4 is 31.7 Å². The lowest BCUT2D eigenvalue weighted by Gasteiger charge is -2.36. The van der Waals surface area contributed by atoms with Crippen LogP contribution in [0.15, 0.2) is 17.0 Å². The van der Waals surface area contributed by atoms with E-state index in [1.807, 2.05) is 20.8 Å². The molecule has 190 valence electrons. The van der Waals surface area contributed by atoms with Crippen molar-refractivity contribution in [2.24, 2.45) is 16.7 Å². The summed E-state index contributed by atoms with van der Waals surface area (Å²) in [5.41, 5.74) is 1.69.